The predicted octanol–water partition coefficient (Wildman–Crippen LogP) is -15.6. The predicted molar refractivity (Wildman–Crippen MR) is 46.6 cm³/mol. The van der Waals surface area contributed by atoms with Crippen LogP contribution in [-0.4, -0.2) is 72.3 Å². The standard InChI is InChI=1S/Li.Na.H2O4S.10H2O/c;;1-5(2,3)4;;;;;;;;;;/h;;(H2,1,2,3,4);10*1H2/q2*+1;;;;;;;;;;;/p-2. The summed E-state index contributed by atoms with van der Waals surface area (Å²) in [5.41, 5.74) is 0. The van der Waals surface area contributed by atoms with Crippen LogP contribution in [0.2, 0.25) is 0 Å². The van der Waals surface area contributed by atoms with Crippen LogP contribution in [0, 0.1) is 0 Å². The molecule has 17 heteroatoms. The van der Waals surface area contributed by atoms with Gasteiger partial charge in [-0.1, -0.05) is 0 Å². The molecule has 0 aliphatic rings. The van der Waals surface area contributed by atoms with E-state index < -0.39 is 10.4 Å². The van der Waals surface area contributed by atoms with E-state index in [-0.39, 0.29) is 103 Å². The second-order valence-corrected chi connectivity index (χ2v) is 1.22. The van der Waals surface area contributed by atoms with Gasteiger partial charge in [-0.3, -0.25) is 8.42 Å². The second kappa shape index (κ2) is 88.2. The minimum Gasteiger partial charge on any atom is -0.759 e. The molecule has 0 saturated heterocycles. The van der Waals surface area contributed by atoms with Crippen molar-refractivity contribution < 1.29 is 121 Å². The van der Waals surface area contributed by atoms with E-state index in [1.807, 2.05) is 0 Å². The van der Waals surface area contributed by atoms with Crippen LogP contribution in [0.5, 0.6) is 0 Å². The molecule has 20 N–H and O–H groups in total. The summed E-state index contributed by atoms with van der Waals surface area (Å²) in [5.74, 6) is 0. The van der Waals surface area contributed by atoms with Gasteiger partial charge >= 0.3 is 48.4 Å². The van der Waals surface area contributed by atoms with Gasteiger partial charge < -0.3 is 63.9 Å². The van der Waals surface area contributed by atoms with Gasteiger partial charge in [0.1, 0.15) is 0 Å². The van der Waals surface area contributed by atoms with E-state index in [4.69, 9.17) is 17.5 Å². The van der Waals surface area contributed by atoms with E-state index in [0.717, 1.165) is 0 Å². The Morgan fingerprint density at radius 3 is 0.529 bits per heavy atom. The molecule has 0 spiro atoms. The van der Waals surface area contributed by atoms with Gasteiger partial charge in [-0.25, -0.2) is 0 Å². The van der Waals surface area contributed by atoms with Gasteiger partial charge in [-0.15, -0.1) is 0 Å². The molecule has 0 bridgehead atoms. The molecule has 0 amide bonds. The molecule has 0 aromatic rings. The SMILES string of the molecule is O.O.O.O.O.O.O.O.O.O.O=S(=O)([O-])[O-].[Li+].[Na+]. The molecule has 0 fully saturated rings. The molecular weight excluding hydrogens is 286 g/mol. The van der Waals surface area contributed by atoms with Gasteiger partial charge in [-0.05, 0) is 0 Å². The Labute approximate surface area is 131 Å². The molecule has 0 aromatic heterocycles. The van der Waals surface area contributed by atoms with Crippen LogP contribution in [0.1, 0.15) is 0 Å². The summed E-state index contributed by atoms with van der Waals surface area (Å²) < 4.78 is 34.1. The average molecular weight is 306 g/mol. The Balaban J connectivity index is -0.00000000121. The maximum atomic E-state index is 8.52. The fraction of sp³-hybridized carbons (Fsp3) is 0. The number of hydrogen-bond donors (Lipinski definition) is 0. The van der Waals surface area contributed by atoms with Crippen molar-refractivity contribution in [3.63, 3.8) is 0 Å². The van der Waals surface area contributed by atoms with E-state index in [1.54, 1.807) is 0 Å². The molecule has 0 aliphatic heterocycles. The van der Waals surface area contributed by atoms with Gasteiger partial charge in [0.15, 0.2) is 0 Å². The van der Waals surface area contributed by atoms with E-state index in [9.17, 15) is 0 Å². The summed E-state index contributed by atoms with van der Waals surface area (Å²) >= 11 is 0. The zero-order valence-corrected chi connectivity index (χ0v) is 11.9. The molecule has 0 atom stereocenters. The Morgan fingerprint density at radius 1 is 0.529 bits per heavy atom. The smallest absolute Gasteiger partial charge is 0.759 e. The van der Waals surface area contributed by atoms with Crippen LogP contribution in [0.15, 0.2) is 0 Å². The van der Waals surface area contributed by atoms with Crippen molar-refractivity contribution in [2.24, 2.45) is 0 Å². The zero-order chi connectivity index (χ0) is 4.50. The Hall–Kier alpha value is 1.07. The summed E-state index contributed by atoms with van der Waals surface area (Å²) in [4.78, 5) is 0. The van der Waals surface area contributed by atoms with Crippen molar-refractivity contribution in [2.45, 2.75) is 0 Å². The molecule has 0 aromatic carbocycles. The van der Waals surface area contributed by atoms with Crippen LogP contribution in [0.3, 0.4) is 0 Å². The maximum absolute atomic E-state index is 8.52. The van der Waals surface area contributed by atoms with E-state index in [2.05, 4.69) is 0 Å². The summed E-state index contributed by atoms with van der Waals surface area (Å²) in [6.07, 6.45) is 0. The molecule has 0 saturated carbocycles. The third-order valence-corrected chi connectivity index (χ3v) is 0. The van der Waals surface area contributed by atoms with Crippen LogP contribution < -0.4 is 48.4 Å². The Bertz CT molecular complexity index is 99.4. The molecule has 0 rings (SSSR count). The van der Waals surface area contributed by atoms with Gasteiger partial charge in [0.05, 0.1) is 0 Å². The first-order valence-electron chi connectivity index (χ1n) is 0.667. The number of rotatable bonds is 0. The third-order valence-electron chi connectivity index (χ3n) is 0. The quantitative estimate of drug-likeness (QED) is 0.238. The third kappa shape index (κ3) is 3400. The summed E-state index contributed by atoms with van der Waals surface area (Å²) in [6, 6.07) is 0. The van der Waals surface area contributed by atoms with Gasteiger partial charge in [0.25, 0.3) is 0 Å². The van der Waals surface area contributed by atoms with Gasteiger partial charge in [0, 0.05) is 10.4 Å². The minimum atomic E-state index is -5.17. The minimum absolute atomic E-state index is 0. The summed E-state index contributed by atoms with van der Waals surface area (Å²) in [7, 11) is -5.17. The Kier molecular flexibility index (Phi) is 1060. The van der Waals surface area contributed by atoms with E-state index in [1.165, 1.54) is 0 Å². The van der Waals surface area contributed by atoms with Crippen molar-refractivity contribution >= 4 is 10.4 Å². The fourth-order valence-electron chi connectivity index (χ4n) is 0. The molecule has 112 valence electrons. The van der Waals surface area contributed by atoms with Crippen LogP contribution in [0.25, 0.3) is 0 Å². The van der Waals surface area contributed by atoms with Crippen LogP contribution >= 0.6 is 0 Å². The average Bonchev–Trinajstić information content (AvgIpc) is 0.722. The number of hydrogen-bond acceptors (Lipinski definition) is 4. The molecule has 14 nitrogen and oxygen atoms in total. The normalized spacial score (nSPS) is 3.41. The zero-order valence-electron chi connectivity index (χ0n) is 9.04. The van der Waals surface area contributed by atoms with Crippen molar-refractivity contribution in [3.05, 3.63) is 0 Å². The molecule has 0 heterocycles. The van der Waals surface area contributed by atoms with Crippen molar-refractivity contribution in [3.8, 4) is 0 Å². The summed E-state index contributed by atoms with van der Waals surface area (Å²) in [5, 5.41) is 0. The Morgan fingerprint density at radius 2 is 0.529 bits per heavy atom. The monoisotopic (exact) mass is 306 g/mol. The van der Waals surface area contributed by atoms with Gasteiger partial charge in [-0.2, -0.15) is 0 Å². The van der Waals surface area contributed by atoms with E-state index in [0.29, 0.717) is 0 Å². The first-order chi connectivity index (χ1) is 2.00. The van der Waals surface area contributed by atoms with Crippen molar-refractivity contribution in [1.82, 2.24) is 0 Å². The van der Waals surface area contributed by atoms with Crippen molar-refractivity contribution in [2.75, 3.05) is 0 Å². The van der Waals surface area contributed by atoms with Crippen molar-refractivity contribution in [1.29, 1.82) is 0 Å². The second-order valence-electron chi connectivity index (χ2n) is 0.408. The van der Waals surface area contributed by atoms with Gasteiger partial charge in [0.2, 0.25) is 0 Å². The van der Waals surface area contributed by atoms with Crippen LogP contribution in [-0.2, 0) is 10.4 Å². The maximum Gasteiger partial charge on any atom is 1.00 e. The molecular formula is H20LiNaO14S. The van der Waals surface area contributed by atoms with Crippen LogP contribution in [0.4, 0.5) is 0 Å². The molecule has 0 unspecified atom stereocenters. The fourth-order valence-corrected chi connectivity index (χ4v) is 0. The molecule has 0 aliphatic carbocycles. The largest absolute Gasteiger partial charge is 1.00 e. The topological polar surface area (TPSA) is 395 Å². The first kappa shape index (κ1) is 205. The molecule has 17 heavy (non-hydrogen) atoms. The van der Waals surface area contributed by atoms with E-state index >= 15 is 0 Å². The summed E-state index contributed by atoms with van der Waals surface area (Å²) in [6.45, 7) is 0. The molecule has 0 radical (unpaired) electrons. The first-order valence-corrected chi connectivity index (χ1v) is 2.00.